The van der Waals surface area contributed by atoms with Crippen molar-refractivity contribution in [3.05, 3.63) is 77.0 Å². The van der Waals surface area contributed by atoms with Crippen LogP contribution in [0, 0.1) is 0 Å². The van der Waals surface area contributed by atoms with E-state index in [0.717, 1.165) is 27.3 Å². The minimum absolute atomic E-state index is 0.222. The van der Waals surface area contributed by atoms with E-state index in [1.54, 1.807) is 11.8 Å². The Morgan fingerprint density at radius 2 is 1.75 bits per heavy atom. The number of furan rings is 1. The molecule has 4 aromatic rings. The SMILES string of the molecule is CN1C(=Cc2oc3ccccc3c2CCCCS(=O)(=O)O)Sc2ccc3ccccc3c21. The van der Waals surface area contributed by atoms with E-state index in [2.05, 4.69) is 54.4 Å². The lowest BCUT2D eigenvalue weighted by molar-refractivity contribution is 0.480. The highest BCUT2D eigenvalue weighted by Crippen LogP contribution is 2.49. The molecule has 5 nitrogen and oxygen atoms in total. The third-order valence-corrected chi connectivity index (χ3v) is 7.76. The summed E-state index contributed by atoms with van der Waals surface area (Å²) in [4.78, 5) is 3.42. The predicted molar refractivity (Wildman–Crippen MR) is 132 cm³/mol. The Morgan fingerprint density at radius 3 is 2.56 bits per heavy atom. The summed E-state index contributed by atoms with van der Waals surface area (Å²) < 4.78 is 37.3. The number of para-hydroxylation sites is 1. The van der Waals surface area contributed by atoms with E-state index in [-0.39, 0.29) is 5.75 Å². The van der Waals surface area contributed by atoms with Crippen LogP contribution in [0.4, 0.5) is 5.69 Å². The number of fused-ring (bicyclic) bond motifs is 4. The van der Waals surface area contributed by atoms with Crippen LogP contribution < -0.4 is 4.90 Å². The molecule has 0 unspecified atom stereocenters. The van der Waals surface area contributed by atoms with Gasteiger partial charge in [0.15, 0.2) is 0 Å². The maximum Gasteiger partial charge on any atom is 0.264 e. The van der Waals surface area contributed by atoms with Crippen molar-refractivity contribution in [2.45, 2.75) is 24.2 Å². The minimum atomic E-state index is -3.94. The average molecular weight is 466 g/mol. The normalized spacial score (nSPS) is 15.2. The molecule has 7 heteroatoms. The van der Waals surface area contributed by atoms with Gasteiger partial charge in [0.1, 0.15) is 11.3 Å². The highest BCUT2D eigenvalue weighted by Gasteiger charge is 2.25. The lowest BCUT2D eigenvalue weighted by Crippen LogP contribution is -2.10. The van der Waals surface area contributed by atoms with Gasteiger partial charge in [0.25, 0.3) is 10.1 Å². The minimum Gasteiger partial charge on any atom is -0.456 e. The van der Waals surface area contributed by atoms with E-state index in [9.17, 15) is 8.42 Å². The fraction of sp³-hybridized carbons (Fsp3) is 0.200. The summed E-state index contributed by atoms with van der Waals surface area (Å²) in [5.74, 6) is 0.574. The molecule has 0 saturated carbocycles. The zero-order valence-corrected chi connectivity index (χ0v) is 19.2. The number of unbranched alkanes of at least 4 members (excludes halogenated alkanes) is 1. The topological polar surface area (TPSA) is 70.8 Å². The summed E-state index contributed by atoms with van der Waals surface area (Å²) in [5.41, 5.74) is 3.08. The zero-order valence-electron chi connectivity index (χ0n) is 17.6. The van der Waals surface area contributed by atoms with Crippen LogP contribution in [-0.4, -0.2) is 25.8 Å². The molecule has 164 valence electrons. The van der Waals surface area contributed by atoms with Crippen molar-refractivity contribution in [2.75, 3.05) is 17.7 Å². The molecule has 2 heterocycles. The summed E-state index contributed by atoms with van der Waals surface area (Å²) >= 11 is 1.72. The fourth-order valence-electron chi connectivity index (χ4n) is 4.27. The molecule has 3 aromatic carbocycles. The van der Waals surface area contributed by atoms with Crippen LogP contribution in [0.3, 0.4) is 0 Å². The van der Waals surface area contributed by atoms with Crippen molar-refractivity contribution >= 4 is 55.4 Å². The maximum atomic E-state index is 11.1. The number of rotatable bonds is 6. The molecule has 1 aliphatic heterocycles. The van der Waals surface area contributed by atoms with Crippen molar-refractivity contribution in [1.29, 1.82) is 0 Å². The maximum absolute atomic E-state index is 11.1. The van der Waals surface area contributed by atoms with Gasteiger partial charge in [-0.1, -0.05) is 60.3 Å². The third-order valence-electron chi connectivity index (χ3n) is 5.81. The number of nitrogens with zero attached hydrogens (tertiary/aromatic N) is 1. The van der Waals surface area contributed by atoms with E-state index >= 15 is 0 Å². The van der Waals surface area contributed by atoms with Crippen LogP contribution in [0.2, 0.25) is 0 Å². The second-order valence-electron chi connectivity index (χ2n) is 7.96. The Labute approximate surface area is 191 Å². The molecule has 0 fully saturated rings. The number of hydrogen-bond acceptors (Lipinski definition) is 5. The summed E-state index contributed by atoms with van der Waals surface area (Å²) in [7, 11) is -1.86. The van der Waals surface area contributed by atoms with Crippen LogP contribution in [0.5, 0.6) is 0 Å². The monoisotopic (exact) mass is 465 g/mol. The van der Waals surface area contributed by atoms with Crippen molar-refractivity contribution < 1.29 is 17.4 Å². The third kappa shape index (κ3) is 4.03. The van der Waals surface area contributed by atoms with E-state index in [4.69, 9.17) is 8.97 Å². The van der Waals surface area contributed by atoms with Gasteiger partial charge in [-0.15, -0.1) is 0 Å². The first-order valence-electron chi connectivity index (χ1n) is 10.5. The first-order valence-corrected chi connectivity index (χ1v) is 12.9. The van der Waals surface area contributed by atoms with Crippen LogP contribution in [0.1, 0.15) is 24.2 Å². The number of hydrogen-bond donors (Lipinski definition) is 1. The van der Waals surface area contributed by atoms with E-state index in [0.29, 0.717) is 19.3 Å². The molecule has 0 spiro atoms. The molecule has 1 aliphatic rings. The molecule has 0 radical (unpaired) electrons. The Kier molecular flexibility index (Phi) is 5.49. The molecule has 1 aromatic heterocycles. The molecule has 5 rings (SSSR count). The zero-order chi connectivity index (χ0) is 22.3. The van der Waals surface area contributed by atoms with Gasteiger partial charge < -0.3 is 9.32 Å². The molecule has 1 N–H and O–H groups in total. The van der Waals surface area contributed by atoms with Crippen LogP contribution in [-0.2, 0) is 16.5 Å². The lowest BCUT2D eigenvalue weighted by Gasteiger charge is -2.15. The van der Waals surface area contributed by atoms with E-state index in [1.165, 1.54) is 21.4 Å². The summed E-state index contributed by atoms with van der Waals surface area (Å²) in [5, 5.41) is 4.55. The number of aryl methyl sites for hydroxylation is 1. The van der Waals surface area contributed by atoms with Crippen molar-refractivity contribution in [1.82, 2.24) is 0 Å². The molecule has 0 bridgehead atoms. The van der Waals surface area contributed by atoms with Crippen LogP contribution in [0.25, 0.3) is 27.8 Å². The largest absolute Gasteiger partial charge is 0.456 e. The van der Waals surface area contributed by atoms with Gasteiger partial charge in [-0.2, -0.15) is 8.42 Å². The smallest absolute Gasteiger partial charge is 0.264 e. The second-order valence-corrected chi connectivity index (χ2v) is 10.6. The van der Waals surface area contributed by atoms with Gasteiger partial charge in [-0.3, -0.25) is 4.55 Å². The first kappa shape index (κ1) is 21.1. The Morgan fingerprint density at radius 1 is 1.00 bits per heavy atom. The molecule has 0 aliphatic carbocycles. The number of anilines is 1. The summed E-state index contributed by atoms with van der Waals surface area (Å²) in [6.45, 7) is 0. The molecule has 0 atom stereocenters. The summed E-state index contributed by atoms with van der Waals surface area (Å²) in [6.07, 6.45) is 3.81. The van der Waals surface area contributed by atoms with Gasteiger partial charge >= 0.3 is 0 Å². The van der Waals surface area contributed by atoms with Crippen LogP contribution in [0.15, 0.2) is 75.0 Å². The molecular weight excluding hydrogens is 442 g/mol. The first-order chi connectivity index (χ1) is 15.4. The van der Waals surface area contributed by atoms with Gasteiger partial charge in [0, 0.05) is 34.4 Å². The van der Waals surface area contributed by atoms with E-state index < -0.39 is 10.1 Å². The molecular formula is C25H23NO4S2. The second kappa shape index (κ2) is 8.31. The Bertz CT molecular complexity index is 1450. The van der Waals surface area contributed by atoms with Crippen molar-refractivity contribution in [2.24, 2.45) is 0 Å². The molecule has 0 saturated heterocycles. The number of benzene rings is 3. The quantitative estimate of drug-likeness (QED) is 0.265. The van der Waals surface area contributed by atoms with E-state index in [1.807, 2.05) is 24.3 Å². The van der Waals surface area contributed by atoms with Gasteiger partial charge in [0.05, 0.1) is 16.5 Å². The van der Waals surface area contributed by atoms with Crippen molar-refractivity contribution in [3.8, 4) is 0 Å². The highest BCUT2D eigenvalue weighted by molar-refractivity contribution is 8.04. The van der Waals surface area contributed by atoms with Gasteiger partial charge in [-0.05, 0) is 36.8 Å². The Hall–Kier alpha value is -2.74. The van der Waals surface area contributed by atoms with Gasteiger partial charge in [-0.25, -0.2) is 0 Å². The highest BCUT2D eigenvalue weighted by atomic mass is 32.2. The molecule has 32 heavy (non-hydrogen) atoms. The van der Waals surface area contributed by atoms with Crippen molar-refractivity contribution in [3.63, 3.8) is 0 Å². The standard InChI is InChI=1S/C25H23NO4S2/c1-26-24(31-23-14-13-17-8-2-3-9-18(17)25(23)26)16-22-20(11-6-7-15-32(27,28)29)19-10-4-5-12-21(19)30-22/h2-5,8-10,12-14,16H,6-7,11,15H2,1H3,(H,27,28,29). The van der Waals surface area contributed by atoms with Gasteiger partial charge in [0.2, 0.25) is 0 Å². The number of thioether (sulfide) groups is 1. The predicted octanol–water partition coefficient (Wildman–Crippen LogP) is 6.34. The summed E-state index contributed by atoms with van der Waals surface area (Å²) in [6, 6.07) is 20.6. The lowest BCUT2D eigenvalue weighted by atomic mass is 10.0. The Balaban J connectivity index is 1.50. The molecule has 0 amide bonds. The van der Waals surface area contributed by atoms with Crippen LogP contribution >= 0.6 is 11.8 Å². The average Bonchev–Trinajstić information content (AvgIpc) is 3.28. The fourth-order valence-corrected chi connectivity index (χ4v) is 5.94.